The molecular formula is C10H15NOS. The van der Waals surface area contributed by atoms with Gasteiger partial charge in [0.25, 0.3) is 0 Å². The predicted octanol–water partition coefficient (Wildman–Crippen LogP) is 2.65. The Morgan fingerprint density at radius 1 is 1.31 bits per heavy atom. The summed E-state index contributed by atoms with van der Waals surface area (Å²) < 4.78 is 7.26. The molecule has 0 N–H and O–H groups in total. The van der Waals surface area contributed by atoms with Crippen LogP contribution < -0.4 is 4.74 Å². The molecule has 3 heteroatoms. The van der Waals surface area contributed by atoms with Crippen molar-refractivity contribution >= 4 is 11.9 Å². The molecule has 0 saturated heterocycles. The maximum Gasteiger partial charge on any atom is 0.118 e. The smallest absolute Gasteiger partial charge is 0.118 e. The number of rotatable bonds is 4. The minimum atomic E-state index is 0.906. The molecule has 0 atom stereocenters. The summed E-state index contributed by atoms with van der Waals surface area (Å²) in [6.45, 7) is 3.17. The second kappa shape index (κ2) is 5.14. The second-order valence-corrected chi connectivity index (χ2v) is 3.99. The lowest BCUT2D eigenvalue weighted by atomic mass is 10.3. The molecule has 0 aliphatic rings. The highest BCUT2D eigenvalue weighted by Gasteiger charge is 1.98. The van der Waals surface area contributed by atoms with Crippen molar-refractivity contribution < 1.29 is 4.74 Å². The van der Waals surface area contributed by atoms with E-state index in [9.17, 15) is 0 Å². The topological polar surface area (TPSA) is 12.5 Å². The zero-order valence-corrected chi connectivity index (χ0v) is 9.10. The van der Waals surface area contributed by atoms with E-state index in [1.54, 1.807) is 19.1 Å². The number of methoxy groups -OCH3 is 1. The maximum atomic E-state index is 5.08. The fraction of sp³-hybridized carbons (Fsp3) is 0.400. The fourth-order valence-electron chi connectivity index (χ4n) is 0.881. The van der Waals surface area contributed by atoms with Crippen LogP contribution in [0.4, 0.5) is 0 Å². The summed E-state index contributed by atoms with van der Waals surface area (Å²) >= 11 is 1.74. The molecule has 1 rings (SSSR count). The van der Waals surface area contributed by atoms with Crippen molar-refractivity contribution in [2.24, 2.45) is 0 Å². The van der Waals surface area contributed by atoms with E-state index in [-0.39, 0.29) is 0 Å². The minimum Gasteiger partial charge on any atom is -0.497 e. The highest BCUT2D eigenvalue weighted by Crippen LogP contribution is 2.22. The third-order valence-corrected chi connectivity index (χ3v) is 2.82. The van der Waals surface area contributed by atoms with Crippen molar-refractivity contribution in [2.75, 3.05) is 20.7 Å². The Balaban J connectivity index is 2.58. The SMILES string of the molecule is CCN(C)Sc1ccc(OC)cc1. The summed E-state index contributed by atoms with van der Waals surface area (Å²) in [5.74, 6) is 0.906. The van der Waals surface area contributed by atoms with Crippen molar-refractivity contribution in [3.63, 3.8) is 0 Å². The number of ether oxygens (including phenoxy) is 1. The highest BCUT2D eigenvalue weighted by atomic mass is 32.2. The standard InChI is InChI=1S/C10H15NOS/c1-4-11(2)13-10-7-5-9(12-3)6-8-10/h5-8H,4H2,1-3H3. The van der Waals surface area contributed by atoms with Crippen LogP contribution in [-0.4, -0.2) is 25.0 Å². The van der Waals surface area contributed by atoms with E-state index in [0.29, 0.717) is 0 Å². The van der Waals surface area contributed by atoms with E-state index < -0.39 is 0 Å². The zero-order chi connectivity index (χ0) is 9.68. The van der Waals surface area contributed by atoms with Crippen molar-refractivity contribution in [1.82, 2.24) is 4.31 Å². The van der Waals surface area contributed by atoms with Crippen LogP contribution in [0.25, 0.3) is 0 Å². The molecule has 0 aliphatic carbocycles. The quantitative estimate of drug-likeness (QED) is 0.688. The van der Waals surface area contributed by atoms with Gasteiger partial charge in [-0.25, -0.2) is 4.31 Å². The minimum absolute atomic E-state index is 0.906. The summed E-state index contributed by atoms with van der Waals surface area (Å²) in [6, 6.07) is 8.09. The molecule has 0 bridgehead atoms. The van der Waals surface area contributed by atoms with Gasteiger partial charge >= 0.3 is 0 Å². The van der Waals surface area contributed by atoms with Gasteiger partial charge in [0.05, 0.1) is 7.11 Å². The third kappa shape index (κ3) is 3.28. The molecule has 72 valence electrons. The first-order valence-corrected chi connectivity index (χ1v) is 5.06. The summed E-state index contributed by atoms with van der Waals surface area (Å²) in [7, 11) is 3.76. The lowest BCUT2D eigenvalue weighted by Crippen LogP contribution is -2.06. The first-order valence-electron chi connectivity index (χ1n) is 4.29. The van der Waals surface area contributed by atoms with Gasteiger partial charge in [-0.3, -0.25) is 0 Å². The Bertz CT molecular complexity index is 248. The highest BCUT2D eigenvalue weighted by molar-refractivity contribution is 7.97. The van der Waals surface area contributed by atoms with Crippen LogP contribution in [0.3, 0.4) is 0 Å². The Morgan fingerprint density at radius 3 is 2.38 bits per heavy atom. The lowest BCUT2D eigenvalue weighted by Gasteiger charge is -2.12. The van der Waals surface area contributed by atoms with E-state index in [1.807, 2.05) is 12.1 Å². The molecule has 0 aliphatic heterocycles. The summed E-state index contributed by atoms with van der Waals surface area (Å²) in [5, 5.41) is 0. The number of benzene rings is 1. The fourth-order valence-corrected chi connectivity index (χ4v) is 1.63. The molecule has 0 unspecified atom stereocenters. The molecule has 0 amide bonds. The van der Waals surface area contributed by atoms with E-state index in [2.05, 4.69) is 30.4 Å². The van der Waals surface area contributed by atoms with Crippen molar-refractivity contribution in [2.45, 2.75) is 11.8 Å². The largest absolute Gasteiger partial charge is 0.497 e. The predicted molar refractivity (Wildman–Crippen MR) is 57.2 cm³/mol. The van der Waals surface area contributed by atoms with Gasteiger partial charge in [0.2, 0.25) is 0 Å². The van der Waals surface area contributed by atoms with Crippen LogP contribution in [0.2, 0.25) is 0 Å². The molecular weight excluding hydrogens is 182 g/mol. The summed E-state index contributed by atoms with van der Waals surface area (Å²) in [5.41, 5.74) is 0. The maximum absolute atomic E-state index is 5.08. The van der Waals surface area contributed by atoms with Crippen LogP contribution in [0.5, 0.6) is 5.75 Å². The van der Waals surface area contributed by atoms with E-state index in [4.69, 9.17) is 4.74 Å². The molecule has 0 spiro atoms. The first kappa shape index (κ1) is 10.4. The van der Waals surface area contributed by atoms with Gasteiger partial charge in [-0.2, -0.15) is 0 Å². The van der Waals surface area contributed by atoms with Crippen LogP contribution in [0.1, 0.15) is 6.92 Å². The average Bonchev–Trinajstić information content (AvgIpc) is 2.19. The van der Waals surface area contributed by atoms with Crippen LogP contribution in [0.15, 0.2) is 29.2 Å². The van der Waals surface area contributed by atoms with Gasteiger partial charge in [-0.15, -0.1) is 0 Å². The zero-order valence-electron chi connectivity index (χ0n) is 8.28. The Labute approximate surface area is 84.0 Å². The van der Waals surface area contributed by atoms with Gasteiger partial charge in [-0.1, -0.05) is 6.92 Å². The van der Waals surface area contributed by atoms with Crippen LogP contribution in [-0.2, 0) is 0 Å². The Kier molecular flexibility index (Phi) is 4.12. The monoisotopic (exact) mass is 197 g/mol. The third-order valence-electron chi connectivity index (χ3n) is 1.77. The lowest BCUT2D eigenvalue weighted by molar-refractivity contribution is 0.414. The van der Waals surface area contributed by atoms with Crippen molar-refractivity contribution in [3.05, 3.63) is 24.3 Å². The van der Waals surface area contributed by atoms with E-state index in [0.717, 1.165) is 12.3 Å². The normalized spacial score (nSPS) is 10.5. The molecule has 0 saturated carbocycles. The summed E-state index contributed by atoms with van der Waals surface area (Å²) in [6.07, 6.45) is 0. The van der Waals surface area contributed by atoms with Gasteiger partial charge in [0.1, 0.15) is 5.75 Å². The Morgan fingerprint density at radius 2 is 1.92 bits per heavy atom. The van der Waals surface area contributed by atoms with Gasteiger partial charge in [0, 0.05) is 11.4 Å². The van der Waals surface area contributed by atoms with E-state index in [1.165, 1.54) is 4.90 Å². The van der Waals surface area contributed by atoms with Gasteiger partial charge in [-0.05, 0) is 43.3 Å². The Hall–Kier alpha value is -0.670. The van der Waals surface area contributed by atoms with Crippen molar-refractivity contribution in [3.8, 4) is 5.75 Å². The molecule has 0 heterocycles. The average molecular weight is 197 g/mol. The van der Waals surface area contributed by atoms with Crippen LogP contribution in [0, 0.1) is 0 Å². The molecule has 0 fully saturated rings. The van der Waals surface area contributed by atoms with E-state index >= 15 is 0 Å². The van der Waals surface area contributed by atoms with Gasteiger partial charge < -0.3 is 4.74 Å². The first-order chi connectivity index (χ1) is 6.26. The number of hydrogen-bond acceptors (Lipinski definition) is 3. The molecule has 1 aromatic carbocycles. The molecule has 1 aromatic rings. The molecule has 2 nitrogen and oxygen atoms in total. The molecule has 0 radical (unpaired) electrons. The van der Waals surface area contributed by atoms with Gasteiger partial charge in [0.15, 0.2) is 0 Å². The molecule has 0 aromatic heterocycles. The number of nitrogens with zero attached hydrogens (tertiary/aromatic N) is 1. The van der Waals surface area contributed by atoms with Crippen molar-refractivity contribution in [1.29, 1.82) is 0 Å². The molecule has 13 heavy (non-hydrogen) atoms. The second-order valence-electron chi connectivity index (χ2n) is 2.71. The number of hydrogen-bond donors (Lipinski definition) is 0. The van der Waals surface area contributed by atoms with Crippen LogP contribution >= 0.6 is 11.9 Å². The summed E-state index contributed by atoms with van der Waals surface area (Å²) in [4.78, 5) is 1.24.